The molecule has 21 heavy (non-hydrogen) atoms. The number of nitrogens with one attached hydrogen (secondary N) is 1. The topological polar surface area (TPSA) is 68.2 Å². The van der Waals surface area contributed by atoms with Crippen LogP contribution in [0.15, 0.2) is 42.7 Å². The number of amides is 1. The van der Waals surface area contributed by atoms with Crippen molar-refractivity contribution in [3.05, 3.63) is 48.5 Å². The zero-order valence-electron chi connectivity index (χ0n) is 11.6. The number of carbonyl (C=O) groups is 1. The smallest absolute Gasteiger partial charge is 0.242 e. The lowest BCUT2D eigenvalue weighted by molar-refractivity contribution is -0.115. The van der Waals surface area contributed by atoms with Crippen LogP contribution in [0.25, 0.3) is 5.69 Å². The fourth-order valence-corrected chi connectivity index (χ4v) is 2.17. The van der Waals surface area contributed by atoms with E-state index in [0.717, 1.165) is 6.26 Å². The normalized spacial score (nSPS) is 12.9. The van der Waals surface area contributed by atoms with Gasteiger partial charge in [-0.3, -0.25) is 4.79 Å². The number of hydrogen-bond acceptors (Lipinski definition) is 3. The van der Waals surface area contributed by atoms with Crippen molar-refractivity contribution >= 4 is 21.4 Å². The van der Waals surface area contributed by atoms with Gasteiger partial charge in [0.25, 0.3) is 0 Å². The average Bonchev–Trinajstić information content (AvgIpc) is 2.92. The summed E-state index contributed by atoms with van der Waals surface area (Å²) < 4.78 is 38.0. The molecule has 2 aromatic rings. The van der Waals surface area contributed by atoms with Crippen LogP contribution in [0.4, 0.5) is 10.1 Å². The number of nitrogens with zero attached hydrogens (tertiary/aromatic N) is 1. The molecule has 0 saturated carbocycles. The van der Waals surface area contributed by atoms with Crippen LogP contribution in [-0.2, 0) is 14.6 Å². The third kappa shape index (κ3) is 3.49. The third-order valence-corrected chi connectivity index (χ3v) is 4.61. The van der Waals surface area contributed by atoms with E-state index in [1.54, 1.807) is 29.1 Å². The van der Waals surface area contributed by atoms with Crippen LogP contribution in [0.2, 0.25) is 0 Å². The highest BCUT2D eigenvalue weighted by Gasteiger charge is 2.23. The summed E-state index contributed by atoms with van der Waals surface area (Å²) in [6.45, 7) is 1.31. The molecule has 0 saturated heterocycles. The Hall–Kier alpha value is -2.15. The van der Waals surface area contributed by atoms with Gasteiger partial charge in [-0.1, -0.05) is 0 Å². The first kappa shape index (κ1) is 15.2. The number of rotatable bonds is 4. The highest BCUT2D eigenvalue weighted by Crippen LogP contribution is 2.19. The van der Waals surface area contributed by atoms with E-state index in [9.17, 15) is 17.6 Å². The van der Waals surface area contributed by atoms with Crippen LogP contribution in [0.3, 0.4) is 0 Å². The van der Waals surface area contributed by atoms with Gasteiger partial charge in [-0.05, 0) is 37.3 Å². The molecule has 0 aliphatic carbocycles. The summed E-state index contributed by atoms with van der Waals surface area (Å²) in [6, 6.07) is 7.54. The summed E-state index contributed by atoms with van der Waals surface area (Å²) in [6.07, 6.45) is 4.33. The Morgan fingerprint density at radius 1 is 1.29 bits per heavy atom. The zero-order valence-corrected chi connectivity index (χ0v) is 12.4. The van der Waals surface area contributed by atoms with Crippen molar-refractivity contribution < 1.29 is 17.6 Å². The number of sulfone groups is 1. The second kappa shape index (κ2) is 5.69. The first-order chi connectivity index (χ1) is 9.79. The standard InChI is InChI=1S/C14H15FN2O3S/c1-10(21(2,19)20)14(18)16-11-5-6-12(15)13(9-11)17-7-3-4-8-17/h3-10H,1-2H3,(H,16,18). The van der Waals surface area contributed by atoms with Gasteiger partial charge < -0.3 is 9.88 Å². The van der Waals surface area contributed by atoms with Gasteiger partial charge in [0.1, 0.15) is 11.1 Å². The molecule has 5 nitrogen and oxygen atoms in total. The molecule has 1 amide bonds. The predicted octanol–water partition coefficient (Wildman–Crippen LogP) is 1.99. The van der Waals surface area contributed by atoms with E-state index in [1.807, 2.05) is 0 Å². The highest BCUT2D eigenvalue weighted by atomic mass is 32.2. The molecule has 1 atom stereocenters. The van der Waals surface area contributed by atoms with Crippen LogP contribution in [0, 0.1) is 5.82 Å². The first-order valence-electron chi connectivity index (χ1n) is 6.21. The van der Waals surface area contributed by atoms with Crippen LogP contribution in [-0.4, -0.2) is 30.4 Å². The fraction of sp³-hybridized carbons (Fsp3) is 0.214. The molecular weight excluding hydrogens is 295 g/mol. The van der Waals surface area contributed by atoms with E-state index in [1.165, 1.54) is 25.1 Å². The lowest BCUT2D eigenvalue weighted by Crippen LogP contribution is -2.31. The number of anilines is 1. The van der Waals surface area contributed by atoms with Gasteiger partial charge in [0.05, 0.1) is 5.69 Å². The minimum atomic E-state index is -3.47. The molecule has 112 valence electrons. The average molecular weight is 310 g/mol. The van der Waals surface area contributed by atoms with Gasteiger partial charge in [0, 0.05) is 24.3 Å². The molecule has 0 fully saturated rings. The van der Waals surface area contributed by atoms with Crippen molar-refractivity contribution in [3.8, 4) is 5.69 Å². The summed E-state index contributed by atoms with van der Waals surface area (Å²) in [7, 11) is -3.47. The minimum absolute atomic E-state index is 0.268. The highest BCUT2D eigenvalue weighted by molar-refractivity contribution is 7.92. The summed E-state index contributed by atoms with van der Waals surface area (Å²) in [5.41, 5.74) is 0.602. The van der Waals surface area contributed by atoms with Crippen molar-refractivity contribution in [3.63, 3.8) is 0 Å². The van der Waals surface area contributed by atoms with E-state index in [-0.39, 0.29) is 5.69 Å². The molecule has 0 aliphatic heterocycles. The molecule has 2 rings (SSSR count). The van der Waals surface area contributed by atoms with Crippen molar-refractivity contribution in [2.45, 2.75) is 12.2 Å². The Morgan fingerprint density at radius 3 is 2.48 bits per heavy atom. The molecule has 0 radical (unpaired) electrons. The lowest BCUT2D eigenvalue weighted by atomic mass is 10.2. The number of aromatic nitrogens is 1. The molecule has 0 aliphatic rings. The zero-order chi connectivity index (χ0) is 15.6. The second-order valence-electron chi connectivity index (χ2n) is 4.72. The largest absolute Gasteiger partial charge is 0.325 e. The molecule has 1 aromatic carbocycles. The van der Waals surface area contributed by atoms with Gasteiger partial charge in [-0.15, -0.1) is 0 Å². The molecule has 1 unspecified atom stereocenters. The van der Waals surface area contributed by atoms with E-state index in [0.29, 0.717) is 5.69 Å². The number of benzene rings is 1. The quantitative estimate of drug-likeness (QED) is 0.939. The van der Waals surface area contributed by atoms with E-state index in [2.05, 4.69) is 5.32 Å². The Bertz CT molecular complexity index is 755. The van der Waals surface area contributed by atoms with Crippen LogP contribution in [0.5, 0.6) is 0 Å². The number of halogens is 1. The number of hydrogen-bond donors (Lipinski definition) is 1. The van der Waals surface area contributed by atoms with Crippen molar-refractivity contribution in [1.29, 1.82) is 0 Å². The maximum Gasteiger partial charge on any atom is 0.242 e. The van der Waals surface area contributed by atoms with Crippen LogP contribution >= 0.6 is 0 Å². The van der Waals surface area contributed by atoms with E-state index < -0.39 is 26.8 Å². The van der Waals surface area contributed by atoms with Gasteiger partial charge in [0.2, 0.25) is 5.91 Å². The SMILES string of the molecule is CC(C(=O)Nc1ccc(F)c(-n2cccc2)c1)S(C)(=O)=O. The first-order valence-corrected chi connectivity index (χ1v) is 8.17. The van der Waals surface area contributed by atoms with Crippen molar-refractivity contribution in [2.75, 3.05) is 11.6 Å². The fourth-order valence-electron chi connectivity index (χ4n) is 1.72. The molecule has 1 heterocycles. The molecular formula is C14H15FN2O3S. The molecule has 0 spiro atoms. The molecule has 7 heteroatoms. The monoisotopic (exact) mass is 310 g/mol. The minimum Gasteiger partial charge on any atom is -0.325 e. The summed E-state index contributed by atoms with van der Waals surface area (Å²) in [4.78, 5) is 11.9. The van der Waals surface area contributed by atoms with Crippen molar-refractivity contribution in [1.82, 2.24) is 4.57 Å². The molecule has 0 bridgehead atoms. The maximum absolute atomic E-state index is 13.8. The summed E-state index contributed by atoms with van der Waals surface area (Å²) in [5, 5.41) is 1.31. The van der Waals surface area contributed by atoms with Crippen LogP contribution < -0.4 is 5.32 Å². The Balaban J connectivity index is 2.27. The Kier molecular flexibility index (Phi) is 4.13. The van der Waals surface area contributed by atoms with Gasteiger partial charge in [-0.25, -0.2) is 12.8 Å². The lowest BCUT2D eigenvalue weighted by Gasteiger charge is -2.12. The molecule has 1 aromatic heterocycles. The van der Waals surface area contributed by atoms with Gasteiger partial charge in [0.15, 0.2) is 9.84 Å². The number of carbonyl (C=O) groups excluding carboxylic acids is 1. The third-order valence-electron chi connectivity index (χ3n) is 3.11. The molecule has 1 N–H and O–H groups in total. The summed E-state index contributed by atoms with van der Waals surface area (Å²) in [5.74, 6) is -1.09. The summed E-state index contributed by atoms with van der Waals surface area (Å²) >= 11 is 0. The maximum atomic E-state index is 13.8. The Labute approximate surface area is 122 Å². The van der Waals surface area contributed by atoms with Crippen LogP contribution in [0.1, 0.15) is 6.92 Å². The van der Waals surface area contributed by atoms with Crippen molar-refractivity contribution in [2.24, 2.45) is 0 Å². The predicted molar refractivity (Wildman–Crippen MR) is 78.7 cm³/mol. The van der Waals surface area contributed by atoms with Gasteiger partial charge in [-0.2, -0.15) is 0 Å². The van der Waals surface area contributed by atoms with E-state index >= 15 is 0 Å². The van der Waals surface area contributed by atoms with E-state index in [4.69, 9.17) is 0 Å². The van der Waals surface area contributed by atoms with Gasteiger partial charge >= 0.3 is 0 Å². The Morgan fingerprint density at radius 2 is 1.90 bits per heavy atom. The second-order valence-corrected chi connectivity index (χ2v) is 7.08.